The lowest BCUT2D eigenvalue weighted by atomic mass is 9.95. The molecule has 0 amide bonds. The van der Waals surface area contributed by atoms with E-state index in [1.54, 1.807) is 54.6 Å². The molecule has 43 heavy (non-hydrogen) atoms. The van der Waals surface area contributed by atoms with Crippen molar-refractivity contribution in [3.05, 3.63) is 89.0 Å². The van der Waals surface area contributed by atoms with Crippen LogP contribution in [0.25, 0.3) is 0 Å². The Morgan fingerprint density at radius 3 is 1.74 bits per heavy atom. The first-order chi connectivity index (χ1) is 19.7. The minimum absolute atomic E-state index is 0.0424. The topological polar surface area (TPSA) is 82.1 Å². The largest absolute Gasteiger partial charge is 0.491 e. The van der Waals surface area contributed by atoms with Gasteiger partial charge in [0.15, 0.2) is 0 Å². The highest BCUT2D eigenvalue weighted by Gasteiger charge is 2.28. The second kappa shape index (κ2) is 15.1. The van der Waals surface area contributed by atoms with Gasteiger partial charge in [0.25, 0.3) is 0 Å². The summed E-state index contributed by atoms with van der Waals surface area (Å²) in [6, 6.07) is 19.1. The van der Waals surface area contributed by atoms with E-state index in [4.69, 9.17) is 19.3 Å². The number of ether oxygens (including phenoxy) is 3. The minimum Gasteiger partial charge on any atom is -0.491 e. The van der Waals surface area contributed by atoms with Crippen molar-refractivity contribution in [2.45, 2.75) is 96.4 Å². The van der Waals surface area contributed by atoms with Gasteiger partial charge in [0.2, 0.25) is 0 Å². The summed E-state index contributed by atoms with van der Waals surface area (Å²) in [5, 5.41) is 8.81. The summed E-state index contributed by atoms with van der Waals surface area (Å²) in [6.07, 6.45) is 1.65. The van der Waals surface area contributed by atoms with Crippen LogP contribution in [0.1, 0.15) is 93.2 Å². The molecule has 1 atom stereocenters. The molecule has 0 aliphatic rings. The number of hydrogen-bond donors (Lipinski definition) is 3. The zero-order valence-electron chi connectivity index (χ0n) is 26.7. The Hall–Kier alpha value is -3.10. The summed E-state index contributed by atoms with van der Waals surface area (Å²) in [4.78, 5) is 23.0. The van der Waals surface area contributed by atoms with Crippen LogP contribution < -0.4 is 14.2 Å². The molecule has 0 saturated carbocycles. The number of carboxylic acids is 1. The molecule has 0 saturated heterocycles. The van der Waals surface area contributed by atoms with E-state index in [2.05, 4.69) is 39.1 Å². The van der Waals surface area contributed by atoms with Gasteiger partial charge in [-0.05, 0) is 113 Å². The van der Waals surface area contributed by atoms with Crippen molar-refractivity contribution in [2.24, 2.45) is 0 Å². The van der Waals surface area contributed by atoms with Crippen LogP contribution in [-0.2, 0) is 0 Å². The first-order valence-corrected chi connectivity index (χ1v) is 15.2. The molecule has 6 nitrogen and oxygen atoms in total. The van der Waals surface area contributed by atoms with Crippen molar-refractivity contribution < 1.29 is 28.9 Å². The number of carbonyl (C=O) groups is 2. The number of hydrogen-bond acceptors (Lipinski definition) is 7. The lowest BCUT2D eigenvalue weighted by Crippen LogP contribution is -2.35. The van der Waals surface area contributed by atoms with E-state index in [0.717, 1.165) is 24.2 Å². The molecule has 3 aromatic carbocycles. The third-order valence-electron chi connectivity index (χ3n) is 6.26. The van der Waals surface area contributed by atoms with Crippen molar-refractivity contribution in [3.8, 4) is 17.2 Å². The zero-order valence-corrected chi connectivity index (χ0v) is 28.5. The van der Waals surface area contributed by atoms with Gasteiger partial charge in [0.1, 0.15) is 22.8 Å². The van der Waals surface area contributed by atoms with Gasteiger partial charge in [-0.3, -0.25) is 0 Å². The van der Waals surface area contributed by atoms with Crippen molar-refractivity contribution in [3.63, 3.8) is 0 Å². The Balaban J connectivity index is 0.000000317. The predicted molar refractivity (Wildman–Crippen MR) is 181 cm³/mol. The normalized spacial score (nSPS) is 12.4. The summed E-state index contributed by atoms with van der Waals surface area (Å²) in [7, 11) is 0. The van der Waals surface area contributed by atoms with Crippen LogP contribution in [0.2, 0.25) is 0 Å². The van der Waals surface area contributed by atoms with Gasteiger partial charge in [-0.25, -0.2) is 9.59 Å². The fourth-order valence-electron chi connectivity index (χ4n) is 4.65. The predicted octanol–water partition coefficient (Wildman–Crippen LogP) is 9.03. The maximum absolute atomic E-state index is 12.3. The number of carboxylic acid groups (broad SMARTS) is 1. The van der Waals surface area contributed by atoms with Gasteiger partial charge in [-0.2, -0.15) is 25.3 Å². The molecule has 0 aliphatic heterocycles. The first-order valence-electron chi connectivity index (χ1n) is 14.3. The summed E-state index contributed by atoms with van der Waals surface area (Å²) < 4.78 is 17.0. The lowest BCUT2D eigenvalue weighted by Gasteiger charge is -2.32. The molecule has 0 aliphatic carbocycles. The van der Waals surface area contributed by atoms with E-state index >= 15 is 0 Å². The van der Waals surface area contributed by atoms with Crippen LogP contribution in [0.3, 0.4) is 0 Å². The Kier molecular flexibility index (Phi) is 12.6. The second-order valence-electron chi connectivity index (χ2n) is 12.8. The van der Waals surface area contributed by atoms with Crippen LogP contribution >= 0.6 is 25.3 Å². The molecule has 0 spiro atoms. The standard InChI is InChI=1S/C21H26O3S.C14H20O3S/c1-14-6-9-19(12-15(14)2)24-20(22)17-7-10-18(11-8-17)23-16(3)13-21(4,5)25;1-13(2,9-14(3,4)18)17-11-7-5-10(6-8-11)12(15)16/h6-12,16,25H,13H2,1-5H3;5-8,18H,9H2,1-4H3,(H,15,16). The first kappa shape index (κ1) is 36.1. The fourth-order valence-corrected chi connectivity index (χ4v) is 5.29. The van der Waals surface area contributed by atoms with E-state index in [9.17, 15) is 9.59 Å². The third-order valence-corrected chi connectivity index (χ3v) is 6.60. The highest BCUT2D eigenvalue weighted by Crippen LogP contribution is 2.30. The monoisotopic (exact) mass is 626 g/mol. The van der Waals surface area contributed by atoms with E-state index in [-0.39, 0.29) is 32.7 Å². The Bertz CT molecular complexity index is 1350. The van der Waals surface area contributed by atoms with Crippen molar-refractivity contribution in [1.29, 1.82) is 0 Å². The molecule has 0 bridgehead atoms. The number of esters is 1. The SMILES string of the molecule is CC(C)(S)CC(C)(C)Oc1ccc(C(=O)O)cc1.Cc1ccc(OC(=O)c2ccc(OC(C)CC(C)(C)S)cc2)cc1C. The van der Waals surface area contributed by atoms with Crippen LogP contribution in [-0.4, -0.2) is 38.2 Å². The molecule has 1 unspecified atom stereocenters. The van der Waals surface area contributed by atoms with Gasteiger partial charge < -0.3 is 19.3 Å². The maximum Gasteiger partial charge on any atom is 0.343 e. The molecule has 0 heterocycles. The van der Waals surface area contributed by atoms with Crippen molar-refractivity contribution >= 4 is 37.2 Å². The van der Waals surface area contributed by atoms with Crippen molar-refractivity contribution in [2.75, 3.05) is 0 Å². The molecule has 0 fully saturated rings. The van der Waals surface area contributed by atoms with Crippen LogP contribution in [0.5, 0.6) is 17.2 Å². The molecular formula is C35H46O6S2. The molecule has 0 aromatic heterocycles. The number of benzene rings is 3. The Labute approximate surface area is 268 Å². The van der Waals surface area contributed by atoms with Gasteiger partial charge in [-0.15, -0.1) is 0 Å². The minimum atomic E-state index is -0.933. The van der Waals surface area contributed by atoms with E-state index < -0.39 is 5.97 Å². The van der Waals surface area contributed by atoms with Gasteiger partial charge in [0.05, 0.1) is 17.2 Å². The molecular weight excluding hydrogens is 581 g/mol. The van der Waals surface area contributed by atoms with Crippen molar-refractivity contribution in [1.82, 2.24) is 0 Å². The number of carbonyl (C=O) groups excluding carboxylic acids is 1. The third kappa shape index (κ3) is 13.8. The smallest absolute Gasteiger partial charge is 0.343 e. The Morgan fingerprint density at radius 2 is 1.26 bits per heavy atom. The highest BCUT2D eigenvalue weighted by molar-refractivity contribution is 7.81. The van der Waals surface area contributed by atoms with Gasteiger partial charge in [0, 0.05) is 15.9 Å². The molecule has 1 N–H and O–H groups in total. The summed E-state index contributed by atoms with van der Waals surface area (Å²) in [6.45, 7) is 18.2. The van der Waals surface area contributed by atoms with Gasteiger partial charge >= 0.3 is 11.9 Å². The average molecular weight is 627 g/mol. The molecule has 0 radical (unpaired) electrons. The average Bonchev–Trinajstić information content (AvgIpc) is 2.84. The van der Waals surface area contributed by atoms with E-state index in [1.807, 2.05) is 60.6 Å². The Morgan fingerprint density at radius 1 is 0.744 bits per heavy atom. The fraction of sp³-hybridized carbons (Fsp3) is 0.429. The van der Waals surface area contributed by atoms with Crippen LogP contribution in [0.4, 0.5) is 0 Å². The van der Waals surface area contributed by atoms with E-state index in [1.165, 1.54) is 5.56 Å². The number of thiol groups is 2. The summed E-state index contributed by atoms with van der Waals surface area (Å²) in [5.41, 5.74) is 2.66. The summed E-state index contributed by atoms with van der Waals surface area (Å²) in [5.74, 6) is 0.644. The highest BCUT2D eigenvalue weighted by atomic mass is 32.1. The lowest BCUT2D eigenvalue weighted by molar-refractivity contribution is 0.0694. The summed E-state index contributed by atoms with van der Waals surface area (Å²) >= 11 is 9.02. The molecule has 3 aromatic rings. The van der Waals surface area contributed by atoms with Gasteiger partial charge in [-0.1, -0.05) is 33.8 Å². The van der Waals surface area contributed by atoms with Crippen LogP contribution in [0, 0.1) is 13.8 Å². The maximum atomic E-state index is 12.3. The molecule has 8 heteroatoms. The second-order valence-corrected chi connectivity index (χ2v) is 15.2. The number of rotatable bonds is 11. The zero-order chi connectivity index (χ0) is 32.6. The number of aryl methyl sites for hydroxylation is 2. The van der Waals surface area contributed by atoms with Crippen LogP contribution in [0.15, 0.2) is 66.7 Å². The quantitative estimate of drug-likeness (QED) is 0.112. The molecule has 3 rings (SSSR count). The number of aromatic carboxylic acids is 1. The van der Waals surface area contributed by atoms with E-state index in [0.29, 0.717) is 17.1 Å². The molecule has 234 valence electrons.